The number of amides is 1. The number of aliphatic hydroxyl groups excluding tert-OH is 1. The summed E-state index contributed by atoms with van der Waals surface area (Å²) in [5.41, 5.74) is 0. The van der Waals surface area contributed by atoms with Gasteiger partial charge in [0.25, 0.3) is 0 Å². The molecule has 3 nitrogen and oxygen atoms in total. The molecule has 0 aliphatic heterocycles. The van der Waals surface area contributed by atoms with Crippen molar-refractivity contribution in [1.82, 2.24) is 4.90 Å². The second-order valence-electron chi connectivity index (χ2n) is 2.46. The molecule has 0 heterocycles. The fraction of sp³-hybridized carbons (Fsp3) is 0.889. The third-order valence-electron chi connectivity index (χ3n) is 1.49. The van der Waals surface area contributed by atoms with E-state index in [-0.39, 0.29) is 12.0 Å². The van der Waals surface area contributed by atoms with Crippen molar-refractivity contribution in [1.29, 1.82) is 0 Å². The quantitative estimate of drug-likeness (QED) is 0.701. The van der Waals surface area contributed by atoms with E-state index in [0.29, 0.717) is 13.0 Å². The molecule has 0 radical (unpaired) electrons. The molecule has 0 saturated carbocycles. The van der Waals surface area contributed by atoms with Crippen molar-refractivity contribution in [3.8, 4) is 0 Å². The summed E-state index contributed by atoms with van der Waals surface area (Å²) in [6.45, 7) is 7.81. The van der Waals surface area contributed by atoms with Gasteiger partial charge in [0, 0.05) is 20.5 Å². The normalized spacial score (nSPS) is 11.2. The minimum Gasteiger partial charge on any atom is -0.391 e. The van der Waals surface area contributed by atoms with E-state index < -0.39 is 0 Å². The lowest BCUT2D eigenvalue weighted by Crippen LogP contribution is -2.32. The number of hydrogen-bond donors (Lipinski definition) is 1. The van der Waals surface area contributed by atoms with E-state index >= 15 is 0 Å². The third-order valence-corrected chi connectivity index (χ3v) is 1.49. The van der Waals surface area contributed by atoms with Gasteiger partial charge in [-0.05, 0) is 6.42 Å². The van der Waals surface area contributed by atoms with Gasteiger partial charge in [-0.15, -0.1) is 0 Å². The summed E-state index contributed by atoms with van der Waals surface area (Å²) in [5, 5.41) is 9.08. The lowest BCUT2D eigenvalue weighted by Gasteiger charge is -2.17. The number of aliphatic hydroxyl groups is 1. The molecule has 12 heavy (non-hydrogen) atoms. The van der Waals surface area contributed by atoms with Gasteiger partial charge in [-0.1, -0.05) is 20.8 Å². The second-order valence-corrected chi connectivity index (χ2v) is 2.46. The van der Waals surface area contributed by atoms with Crippen molar-refractivity contribution in [2.75, 3.05) is 13.6 Å². The van der Waals surface area contributed by atoms with E-state index in [0.717, 1.165) is 0 Å². The Balaban J connectivity index is 0. The van der Waals surface area contributed by atoms with Crippen molar-refractivity contribution in [2.45, 2.75) is 40.2 Å². The van der Waals surface area contributed by atoms with Crippen LogP contribution in [0, 0.1) is 0 Å². The maximum absolute atomic E-state index is 10.6. The highest BCUT2D eigenvalue weighted by Gasteiger charge is 2.06. The molecule has 74 valence electrons. The molecule has 0 aromatic rings. The molecule has 1 unspecified atom stereocenters. The second kappa shape index (κ2) is 8.53. The van der Waals surface area contributed by atoms with Crippen LogP contribution in [-0.2, 0) is 4.79 Å². The van der Waals surface area contributed by atoms with Gasteiger partial charge in [-0.25, -0.2) is 0 Å². The van der Waals surface area contributed by atoms with E-state index in [4.69, 9.17) is 5.11 Å². The van der Waals surface area contributed by atoms with E-state index in [1.165, 1.54) is 11.8 Å². The van der Waals surface area contributed by atoms with Gasteiger partial charge in [0.1, 0.15) is 0 Å². The topological polar surface area (TPSA) is 40.5 Å². The van der Waals surface area contributed by atoms with Crippen LogP contribution in [-0.4, -0.2) is 35.6 Å². The number of carbonyl (C=O) groups is 1. The fourth-order valence-electron chi connectivity index (χ4n) is 0.574. The van der Waals surface area contributed by atoms with Crippen molar-refractivity contribution >= 4 is 5.91 Å². The molecule has 1 atom stereocenters. The van der Waals surface area contributed by atoms with Crippen molar-refractivity contribution in [3.63, 3.8) is 0 Å². The zero-order chi connectivity index (χ0) is 10.1. The molecule has 0 aliphatic carbocycles. The highest BCUT2D eigenvalue weighted by Crippen LogP contribution is 1.93. The first-order valence-corrected chi connectivity index (χ1v) is 4.47. The number of carbonyl (C=O) groups excluding carboxylic acids is 1. The fourth-order valence-corrected chi connectivity index (χ4v) is 0.574. The Labute approximate surface area is 75.4 Å². The molecule has 0 aromatic carbocycles. The lowest BCUT2D eigenvalue weighted by atomic mass is 10.2. The maximum atomic E-state index is 10.6. The summed E-state index contributed by atoms with van der Waals surface area (Å²) in [6.07, 6.45) is 0.311. The van der Waals surface area contributed by atoms with Crippen LogP contribution in [0.1, 0.15) is 34.1 Å². The molecule has 0 rings (SSSR count). The number of likely N-dealkylation sites (N-methyl/N-ethyl adjacent to an activating group) is 1. The minimum atomic E-state index is -0.381. The van der Waals surface area contributed by atoms with Gasteiger partial charge in [0.2, 0.25) is 5.91 Å². The SMILES string of the molecule is CC.CCC(O)CN(C)C(C)=O. The predicted molar refractivity (Wildman–Crippen MR) is 51.0 cm³/mol. The van der Waals surface area contributed by atoms with Crippen molar-refractivity contribution in [2.24, 2.45) is 0 Å². The first-order valence-electron chi connectivity index (χ1n) is 4.47. The van der Waals surface area contributed by atoms with Crippen LogP contribution >= 0.6 is 0 Å². The Morgan fingerprint density at radius 1 is 1.50 bits per heavy atom. The number of hydrogen-bond acceptors (Lipinski definition) is 2. The number of rotatable bonds is 3. The van der Waals surface area contributed by atoms with Gasteiger partial charge in [0.15, 0.2) is 0 Å². The standard InChI is InChI=1S/C7H15NO2.C2H6/c1-4-7(10)5-8(3)6(2)9;1-2/h7,10H,4-5H2,1-3H3;1-2H3. The summed E-state index contributed by atoms with van der Waals surface area (Å²) < 4.78 is 0. The molecule has 0 spiro atoms. The Morgan fingerprint density at radius 3 is 2.17 bits per heavy atom. The Hall–Kier alpha value is -0.570. The largest absolute Gasteiger partial charge is 0.391 e. The highest BCUT2D eigenvalue weighted by molar-refractivity contribution is 5.72. The van der Waals surface area contributed by atoms with Gasteiger partial charge < -0.3 is 10.0 Å². The summed E-state index contributed by atoms with van der Waals surface area (Å²) >= 11 is 0. The van der Waals surface area contributed by atoms with E-state index in [1.807, 2.05) is 20.8 Å². The monoisotopic (exact) mass is 175 g/mol. The molecule has 0 saturated heterocycles. The molecule has 3 heteroatoms. The van der Waals surface area contributed by atoms with Crippen LogP contribution in [0.3, 0.4) is 0 Å². The van der Waals surface area contributed by atoms with E-state index in [2.05, 4.69) is 0 Å². The molecule has 0 aliphatic rings. The molecular weight excluding hydrogens is 154 g/mol. The molecule has 0 fully saturated rings. The van der Waals surface area contributed by atoms with Gasteiger partial charge in [-0.3, -0.25) is 4.79 Å². The first kappa shape index (κ1) is 14.0. The Kier molecular flexibility index (Phi) is 9.93. The predicted octanol–water partition coefficient (Wildman–Crippen LogP) is 1.26. The average Bonchev–Trinajstić information content (AvgIpc) is 2.07. The molecule has 1 amide bonds. The van der Waals surface area contributed by atoms with Crippen LogP contribution in [0.15, 0.2) is 0 Å². The number of nitrogens with zero attached hydrogens (tertiary/aromatic N) is 1. The van der Waals surface area contributed by atoms with Crippen molar-refractivity contribution in [3.05, 3.63) is 0 Å². The van der Waals surface area contributed by atoms with E-state index in [9.17, 15) is 4.79 Å². The molecule has 0 aromatic heterocycles. The highest BCUT2D eigenvalue weighted by atomic mass is 16.3. The third kappa shape index (κ3) is 7.54. The minimum absolute atomic E-state index is 0.00694. The molecule has 0 bridgehead atoms. The Bertz CT molecular complexity index is 115. The average molecular weight is 175 g/mol. The smallest absolute Gasteiger partial charge is 0.219 e. The summed E-state index contributed by atoms with van der Waals surface area (Å²) in [4.78, 5) is 12.1. The van der Waals surface area contributed by atoms with Gasteiger partial charge in [-0.2, -0.15) is 0 Å². The van der Waals surface area contributed by atoms with Crippen LogP contribution < -0.4 is 0 Å². The summed E-state index contributed by atoms with van der Waals surface area (Å²) in [6, 6.07) is 0. The van der Waals surface area contributed by atoms with Crippen LogP contribution in [0.4, 0.5) is 0 Å². The zero-order valence-corrected chi connectivity index (χ0v) is 8.79. The first-order chi connectivity index (χ1) is 5.57. The van der Waals surface area contributed by atoms with Crippen molar-refractivity contribution < 1.29 is 9.90 Å². The molecular formula is C9H21NO2. The van der Waals surface area contributed by atoms with E-state index in [1.54, 1.807) is 7.05 Å². The van der Waals surface area contributed by atoms with Gasteiger partial charge >= 0.3 is 0 Å². The van der Waals surface area contributed by atoms with Crippen LogP contribution in [0.5, 0.6) is 0 Å². The summed E-state index contributed by atoms with van der Waals surface area (Å²) in [7, 11) is 1.68. The maximum Gasteiger partial charge on any atom is 0.219 e. The summed E-state index contributed by atoms with van der Waals surface area (Å²) in [5.74, 6) is -0.00694. The zero-order valence-electron chi connectivity index (χ0n) is 8.79. The van der Waals surface area contributed by atoms with Crippen LogP contribution in [0.2, 0.25) is 0 Å². The van der Waals surface area contributed by atoms with Gasteiger partial charge in [0.05, 0.1) is 6.10 Å². The Morgan fingerprint density at radius 2 is 1.92 bits per heavy atom. The molecule has 1 N–H and O–H groups in total. The van der Waals surface area contributed by atoms with Crippen LogP contribution in [0.25, 0.3) is 0 Å². The lowest BCUT2D eigenvalue weighted by molar-refractivity contribution is -0.128.